The van der Waals surface area contributed by atoms with Gasteiger partial charge in [-0.2, -0.15) is 22.2 Å². The second-order valence-corrected chi connectivity index (χ2v) is 43.3. The first-order valence-corrected chi connectivity index (χ1v) is 29.6. The summed E-state index contributed by atoms with van der Waals surface area (Å²) < 4.78 is 0. The van der Waals surface area contributed by atoms with E-state index >= 15 is 0 Å². The van der Waals surface area contributed by atoms with E-state index < -0.39 is 48.5 Å². The van der Waals surface area contributed by atoms with Crippen molar-refractivity contribution in [3.05, 3.63) is 0 Å². The standard InChI is InChI=1S/2C8H22ClSi3.Hg/c2*1-10(9)8(11(2,3)4)12(5,6)7;/h2*8H,1-7H3;. The monoisotopic (exact) mass is 676 g/mol. The molecule has 0 unspecified atom stereocenters. The first-order chi connectivity index (χ1) is 10.1. The van der Waals surface area contributed by atoms with Crippen molar-refractivity contribution in [3.8, 4) is 0 Å². The number of hydrogen-bond acceptors (Lipinski definition) is 0. The molecule has 0 rings (SSSR count). The molecule has 0 aromatic carbocycles. The fraction of sp³-hybridized carbons (Fsp3) is 1.00. The fourth-order valence-electron chi connectivity index (χ4n) is 4.98. The molecule has 0 aromatic heterocycles. The summed E-state index contributed by atoms with van der Waals surface area (Å²) in [5.41, 5.74) is 0. The molecule has 0 aliphatic carbocycles. The average molecular weight is 677 g/mol. The van der Waals surface area contributed by atoms with E-state index in [1.165, 1.54) is 0 Å². The van der Waals surface area contributed by atoms with Crippen molar-refractivity contribution in [2.75, 3.05) is 0 Å². The fourth-order valence-corrected chi connectivity index (χ4v) is 56.6. The van der Waals surface area contributed by atoms with Gasteiger partial charge in [-0.05, 0) is 9.58 Å². The summed E-state index contributed by atoms with van der Waals surface area (Å²) in [6, 6.07) is 0. The van der Waals surface area contributed by atoms with Crippen LogP contribution < -0.4 is 0 Å². The van der Waals surface area contributed by atoms with Crippen LogP contribution in [0.3, 0.4) is 0 Å². The zero-order chi connectivity index (χ0) is 20.3. The minimum atomic E-state index is -1.01. The maximum atomic E-state index is 6.38. The summed E-state index contributed by atoms with van der Waals surface area (Å²) >= 11 is 12.8. The van der Waals surface area contributed by atoms with Gasteiger partial charge in [-0.15, -0.1) is 0 Å². The molecule has 9 heteroatoms. The Morgan fingerprint density at radius 2 is 0.600 bits per heavy atom. The zero-order valence-corrected chi connectivity index (χ0v) is 32.6. The molecule has 0 atom stereocenters. The predicted molar refractivity (Wildman–Crippen MR) is 136 cm³/mol. The van der Waals surface area contributed by atoms with Gasteiger partial charge in [-0.1, -0.05) is 91.7 Å². The van der Waals surface area contributed by atoms with Crippen molar-refractivity contribution in [3.63, 3.8) is 0 Å². The van der Waals surface area contributed by atoms with Crippen LogP contribution in [0.15, 0.2) is 0 Å². The topological polar surface area (TPSA) is 0 Å². The normalized spacial score (nSPS) is 13.9. The van der Waals surface area contributed by atoms with Gasteiger partial charge in [0.15, 0.2) is 16.2 Å². The van der Waals surface area contributed by atoms with Crippen LogP contribution in [0.1, 0.15) is 0 Å². The average Bonchev–Trinajstić information content (AvgIpc) is 2.03. The van der Waals surface area contributed by atoms with Gasteiger partial charge in [0.05, 0.1) is 0 Å². The van der Waals surface area contributed by atoms with Gasteiger partial charge in [0.1, 0.15) is 0 Å². The van der Waals surface area contributed by atoms with Crippen LogP contribution in [-0.2, 0) is 27.7 Å². The molecule has 0 amide bonds. The van der Waals surface area contributed by atoms with Gasteiger partial charge in [0.25, 0.3) is 0 Å². The molecule has 0 bridgehead atoms. The largest absolute Gasteiger partial charge is 0.170 e. The van der Waals surface area contributed by atoms with Gasteiger partial charge in [-0.3, -0.25) is 0 Å². The molecule has 0 fully saturated rings. The first-order valence-electron chi connectivity index (χ1n) is 9.11. The molecule has 0 N–H and O–H groups in total. The third kappa shape index (κ3) is 13.6. The third-order valence-corrected chi connectivity index (χ3v) is 42.3. The summed E-state index contributed by atoms with van der Waals surface area (Å²) in [4.78, 5) is 1.85. The molecule has 0 heterocycles. The van der Waals surface area contributed by atoms with E-state index in [4.69, 9.17) is 22.2 Å². The minimum Gasteiger partial charge on any atom is -0.170 e. The predicted octanol–water partition coefficient (Wildman–Crippen LogP) is 7.94. The summed E-state index contributed by atoms with van der Waals surface area (Å²) in [5.74, 6) is 0. The summed E-state index contributed by atoms with van der Waals surface area (Å²) in [5, 5.41) is 0. The van der Waals surface area contributed by atoms with Gasteiger partial charge in [0, 0.05) is 60.0 Å². The van der Waals surface area contributed by atoms with Crippen LogP contribution in [0.4, 0.5) is 0 Å². The molecule has 25 heavy (non-hydrogen) atoms. The second-order valence-electron chi connectivity index (χ2n) is 11.5. The molecule has 0 aromatic rings. The Morgan fingerprint density at radius 1 is 0.480 bits per heavy atom. The molecular formula is C16H44Cl2HgSi6. The van der Waals surface area contributed by atoms with Crippen LogP contribution in [0.2, 0.25) is 101 Å². The van der Waals surface area contributed by atoms with E-state index in [-0.39, 0.29) is 27.7 Å². The first kappa shape index (κ1) is 32.5. The minimum absolute atomic E-state index is 0. The van der Waals surface area contributed by atoms with E-state index in [0.29, 0.717) is 0 Å². The SMILES string of the molecule is C[Si](Cl)C([Si](C)(C)C)[Si](C)(C)C.C[Si](Cl)C([Si](C)(C)C)[Si](C)(C)C.[Hg]. The Bertz CT molecular complexity index is 301. The number of halogens is 2. The molecule has 0 nitrogen and oxygen atoms in total. The smallest absolute Gasteiger partial charge is 0.159 e. The third-order valence-electron chi connectivity index (χ3n) is 4.26. The Morgan fingerprint density at radius 3 is 0.600 bits per heavy atom. The van der Waals surface area contributed by atoms with Crippen LogP contribution in [0.25, 0.3) is 0 Å². The van der Waals surface area contributed by atoms with E-state index in [9.17, 15) is 0 Å². The van der Waals surface area contributed by atoms with Gasteiger partial charge >= 0.3 is 0 Å². The van der Waals surface area contributed by atoms with E-state index in [1.807, 2.05) is 0 Å². The Hall–Kier alpha value is 2.82. The Kier molecular flexibility index (Phi) is 15.4. The van der Waals surface area contributed by atoms with Crippen molar-refractivity contribution in [2.45, 2.75) is 101 Å². The molecule has 0 saturated heterocycles. The van der Waals surface area contributed by atoms with Gasteiger partial charge in [0.2, 0.25) is 0 Å². The van der Waals surface area contributed by atoms with Crippen molar-refractivity contribution >= 4 is 70.7 Å². The van der Waals surface area contributed by atoms with Crippen LogP contribution in [-0.4, -0.2) is 48.5 Å². The number of hydrogen-bond donors (Lipinski definition) is 0. The van der Waals surface area contributed by atoms with Gasteiger partial charge in [-0.25, -0.2) is 0 Å². The summed E-state index contributed by atoms with van der Waals surface area (Å²) in [6.07, 6.45) is 0. The van der Waals surface area contributed by atoms with E-state index in [1.54, 1.807) is 0 Å². The molecule has 148 valence electrons. The molecule has 0 aliphatic rings. The van der Waals surface area contributed by atoms with E-state index in [2.05, 4.69) is 91.7 Å². The van der Waals surface area contributed by atoms with Crippen LogP contribution >= 0.6 is 22.2 Å². The van der Waals surface area contributed by atoms with Crippen LogP contribution in [0, 0.1) is 0 Å². The summed E-state index contributed by atoms with van der Waals surface area (Å²) in [7, 11) is -5.22. The van der Waals surface area contributed by atoms with Crippen LogP contribution in [0.5, 0.6) is 0 Å². The Labute approximate surface area is 197 Å². The van der Waals surface area contributed by atoms with Crippen molar-refractivity contribution in [1.82, 2.24) is 0 Å². The molecule has 0 saturated carbocycles. The molecular weight excluding hydrogens is 632 g/mol. The molecule has 0 spiro atoms. The maximum Gasteiger partial charge on any atom is 0.159 e. The second kappa shape index (κ2) is 11.9. The van der Waals surface area contributed by atoms with Crippen molar-refractivity contribution in [1.29, 1.82) is 0 Å². The summed E-state index contributed by atoms with van der Waals surface area (Å²) in [6.45, 7) is 34.1. The van der Waals surface area contributed by atoms with Gasteiger partial charge < -0.3 is 0 Å². The van der Waals surface area contributed by atoms with Crippen molar-refractivity contribution in [2.24, 2.45) is 0 Å². The number of rotatable bonds is 6. The maximum absolute atomic E-state index is 6.38. The molecule has 2 radical (unpaired) electrons. The quantitative estimate of drug-likeness (QED) is 0.198. The zero-order valence-electron chi connectivity index (χ0n) is 19.6. The van der Waals surface area contributed by atoms with Crippen molar-refractivity contribution < 1.29 is 27.7 Å². The molecule has 0 aliphatic heterocycles. The Balaban J connectivity index is -0.000000372. The van der Waals surface area contributed by atoms with E-state index in [0.717, 1.165) is 9.58 Å².